The second-order valence-electron chi connectivity index (χ2n) is 5.39. The van der Waals surface area contributed by atoms with Crippen LogP contribution in [0.3, 0.4) is 0 Å². The molecule has 20 heavy (non-hydrogen) atoms. The fourth-order valence-corrected chi connectivity index (χ4v) is 2.86. The lowest BCUT2D eigenvalue weighted by molar-refractivity contribution is 1.02. The first-order valence-corrected chi connectivity index (χ1v) is 6.66. The highest BCUT2D eigenvalue weighted by molar-refractivity contribution is 5.85. The van der Waals surface area contributed by atoms with E-state index >= 15 is 0 Å². The molecule has 0 bridgehead atoms. The Morgan fingerprint density at radius 1 is 1.00 bits per heavy atom. The molecular weight excluding hydrogens is 248 g/mol. The van der Waals surface area contributed by atoms with E-state index in [-0.39, 0.29) is 0 Å². The Bertz CT molecular complexity index is 792. The quantitative estimate of drug-likeness (QED) is 0.735. The second-order valence-corrected chi connectivity index (χ2v) is 5.39. The Balaban J connectivity index is 2.36. The minimum atomic E-state index is 0.675. The van der Waals surface area contributed by atoms with Crippen LogP contribution in [0, 0.1) is 27.7 Å². The van der Waals surface area contributed by atoms with Gasteiger partial charge in [0.05, 0.1) is 11.4 Å². The molecule has 4 heteroatoms. The van der Waals surface area contributed by atoms with Gasteiger partial charge in [0.25, 0.3) is 0 Å². The number of aromatic nitrogens is 3. The van der Waals surface area contributed by atoms with Gasteiger partial charge in [-0.1, -0.05) is 17.7 Å². The summed E-state index contributed by atoms with van der Waals surface area (Å²) in [7, 11) is 0. The third-order valence-corrected chi connectivity index (χ3v) is 3.54. The van der Waals surface area contributed by atoms with Gasteiger partial charge in [-0.25, -0.2) is 9.97 Å². The number of aryl methyl sites for hydroxylation is 4. The first-order chi connectivity index (χ1) is 9.47. The van der Waals surface area contributed by atoms with Crippen molar-refractivity contribution in [2.24, 2.45) is 0 Å². The maximum Gasteiger partial charge on any atom is 0.166 e. The minimum absolute atomic E-state index is 0.675. The van der Waals surface area contributed by atoms with Crippen LogP contribution in [-0.2, 0) is 0 Å². The van der Waals surface area contributed by atoms with Crippen molar-refractivity contribution < 1.29 is 0 Å². The van der Waals surface area contributed by atoms with Gasteiger partial charge in [-0.15, -0.1) is 0 Å². The van der Waals surface area contributed by atoms with E-state index in [1.165, 1.54) is 16.7 Å². The number of imidazole rings is 1. The predicted octanol–water partition coefficient (Wildman–Crippen LogP) is 3.24. The number of anilines is 1. The number of nitrogens with zero attached hydrogens (tertiary/aromatic N) is 3. The molecule has 0 saturated heterocycles. The third kappa shape index (κ3) is 1.84. The van der Waals surface area contributed by atoms with E-state index in [1.807, 2.05) is 17.6 Å². The Labute approximate surface area is 118 Å². The molecule has 0 atom stereocenters. The monoisotopic (exact) mass is 266 g/mol. The van der Waals surface area contributed by atoms with Gasteiger partial charge in [-0.05, 0) is 44.9 Å². The van der Waals surface area contributed by atoms with E-state index in [9.17, 15) is 0 Å². The molecule has 0 saturated carbocycles. The zero-order valence-corrected chi connectivity index (χ0v) is 12.2. The van der Waals surface area contributed by atoms with Gasteiger partial charge >= 0.3 is 0 Å². The summed E-state index contributed by atoms with van der Waals surface area (Å²) in [6.45, 7) is 8.28. The van der Waals surface area contributed by atoms with Crippen LogP contribution >= 0.6 is 0 Å². The number of rotatable bonds is 1. The first-order valence-electron chi connectivity index (χ1n) is 6.66. The SMILES string of the molecule is Cc1cc(C)c(-n2cnc3c(N)cc(C)nc32)c(C)c1. The Morgan fingerprint density at radius 2 is 1.65 bits per heavy atom. The standard InChI is InChI=1S/C16H18N4/c1-9-5-10(2)15(11(3)6-9)20-8-18-14-13(17)7-12(4)19-16(14)20/h5-8H,1-4H3,(H2,17,19). The van der Waals surface area contributed by atoms with E-state index in [0.717, 1.165) is 22.5 Å². The maximum absolute atomic E-state index is 6.03. The first kappa shape index (κ1) is 12.7. The summed E-state index contributed by atoms with van der Waals surface area (Å²) in [6, 6.07) is 6.20. The van der Waals surface area contributed by atoms with Gasteiger partial charge in [0.1, 0.15) is 11.8 Å². The largest absolute Gasteiger partial charge is 0.397 e. The van der Waals surface area contributed by atoms with E-state index in [2.05, 4.69) is 42.9 Å². The summed E-state index contributed by atoms with van der Waals surface area (Å²) < 4.78 is 2.03. The highest BCUT2D eigenvalue weighted by Gasteiger charge is 2.13. The van der Waals surface area contributed by atoms with E-state index in [0.29, 0.717) is 5.69 Å². The van der Waals surface area contributed by atoms with Crippen molar-refractivity contribution in [3.63, 3.8) is 0 Å². The molecule has 0 radical (unpaired) electrons. The lowest BCUT2D eigenvalue weighted by Gasteiger charge is -2.13. The van der Waals surface area contributed by atoms with Crippen molar-refractivity contribution in [1.29, 1.82) is 0 Å². The van der Waals surface area contributed by atoms with E-state index in [4.69, 9.17) is 5.73 Å². The average Bonchev–Trinajstić information content (AvgIpc) is 2.72. The fraction of sp³-hybridized carbons (Fsp3) is 0.250. The van der Waals surface area contributed by atoms with Gasteiger partial charge < -0.3 is 5.73 Å². The van der Waals surface area contributed by atoms with Crippen LogP contribution < -0.4 is 5.73 Å². The average molecular weight is 266 g/mol. The number of benzene rings is 1. The maximum atomic E-state index is 6.03. The number of hydrogen-bond acceptors (Lipinski definition) is 3. The lowest BCUT2D eigenvalue weighted by atomic mass is 10.1. The van der Waals surface area contributed by atoms with E-state index in [1.54, 1.807) is 6.33 Å². The van der Waals surface area contributed by atoms with Crippen molar-refractivity contribution in [2.75, 3.05) is 5.73 Å². The highest BCUT2D eigenvalue weighted by Crippen LogP contribution is 2.26. The topological polar surface area (TPSA) is 56.7 Å². The summed E-state index contributed by atoms with van der Waals surface area (Å²) in [5.74, 6) is 0. The molecule has 102 valence electrons. The van der Waals surface area contributed by atoms with Crippen molar-refractivity contribution in [2.45, 2.75) is 27.7 Å². The van der Waals surface area contributed by atoms with Crippen molar-refractivity contribution in [3.05, 3.63) is 46.9 Å². The Morgan fingerprint density at radius 3 is 2.30 bits per heavy atom. The van der Waals surface area contributed by atoms with Crippen LogP contribution in [0.5, 0.6) is 0 Å². The van der Waals surface area contributed by atoms with Crippen LogP contribution in [0.1, 0.15) is 22.4 Å². The third-order valence-electron chi connectivity index (χ3n) is 3.54. The summed E-state index contributed by atoms with van der Waals surface area (Å²) in [5, 5.41) is 0. The molecule has 2 aromatic heterocycles. The second kappa shape index (κ2) is 4.34. The highest BCUT2D eigenvalue weighted by atomic mass is 15.1. The van der Waals surface area contributed by atoms with Gasteiger partial charge in [0.15, 0.2) is 5.65 Å². The van der Waals surface area contributed by atoms with Crippen LogP contribution in [0.25, 0.3) is 16.9 Å². The summed E-state index contributed by atoms with van der Waals surface area (Å²) in [6.07, 6.45) is 1.80. The number of nitrogen functional groups attached to an aromatic ring is 1. The molecule has 0 aliphatic heterocycles. The minimum Gasteiger partial charge on any atom is -0.397 e. The smallest absolute Gasteiger partial charge is 0.166 e. The number of hydrogen-bond donors (Lipinski definition) is 1. The summed E-state index contributed by atoms with van der Waals surface area (Å²) in [4.78, 5) is 9.01. The molecule has 1 aromatic carbocycles. The lowest BCUT2D eigenvalue weighted by Crippen LogP contribution is -2.02. The number of pyridine rings is 1. The van der Waals surface area contributed by atoms with Gasteiger partial charge in [0.2, 0.25) is 0 Å². The molecule has 4 nitrogen and oxygen atoms in total. The van der Waals surface area contributed by atoms with Crippen LogP contribution in [0.15, 0.2) is 24.5 Å². The molecule has 0 aliphatic carbocycles. The van der Waals surface area contributed by atoms with Gasteiger partial charge in [0, 0.05) is 5.69 Å². The molecule has 0 spiro atoms. The van der Waals surface area contributed by atoms with Crippen LogP contribution in [0.4, 0.5) is 5.69 Å². The van der Waals surface area contributed by atoms with Gasteiger partial charge in [-0.3, -0.25) is 4.57 Å². The van der Waals surface area contributed by atoms with Crippen molar-refractivity contribution >= 4 is 16.9 Å². The molecule has 0 aliphatic rings. The van der Waals surface area contributed by atoms with Crippen molar-refractivity contribution in [1.82, 2.24) is 14.5 Å². The van der Waals surface area contributed by atoms with Crippen LogP contribution in [-0.4, -0.2) is 14.5 Å². The summed E-state index contributed by atoms with van der Waals surface area (Å²) >= 11 is 0. The zero-order chi connectivity index (χ0) is 14.4. The fourth-order valence-electron chi connectivity index (χ4n) is 2.86. The van der Waals surface area contributed by atoms with Crippen molar-refractivity contribution in [3.8, 4) is 5.69 Å². The molecule has 0 fully saturated rings. The number of nitrogens with two attached hydrogens (primary N) is 1. The predicted molar refractivity (Wildman–Crippen MR) is 82.2 cm³/mol. The molecule has 0 unspecified atom stereocenters. The van der Waals surface area contributed by atoms with E-state index < -0.39 is 0 Å². The Kier molecular flexibility index (Phi) is 2.74. The summed E-state index contributed by atoms with van der Waals surface area (Å²) in [5.41, 5.74) is 14.0. The molecule has 3 aromatic rings. The molecule has 3 rings (SSSR count). The Hall–Kier alpha value is -2.36. The van der Waals surface area contributed by atoms with Gasteiger partial charge in [-0.2, -0.15) is 0 Å². The number of fused-ring (bicyclic) bond motifs is 1. The normalized spacial score (nSPS) is 11.2. The molecule has 2 N–H and O–H groups in total. The molecular formula is C16H18N4. The molecule has 2 heterocycles. The zero-order valence-electron chi connectivity index (χ0n) is 12.2. The van der Waals surface area contributed by atoms with Crippen LogP contribution in [0.2, 0.25) is 0 Å². The molecule has 0 amide bonds.